The lowest BCUT2D eigenvalue weighted by Crippen LogP contribution is -2.40. The molecule has 5 nitrogen and oxygen atoms in total. The summed E-state index contributed by atoms with van der Waals surface area (Å²) in [5, 5.41) is 3.02. The highest BCUT2D eigenvalue weighted by atomic mass is 32.2. The maximum Gasteiger partial charge on any atom is 0.240 e. The zero-order chi connectivity index (χ0) is 14.6. The van der Waals surface area contributed by atoms with Gasteiger partial charge in [-0.25, -0.2) is 13.1 Å². The summed E-state index contributed by atoms with van der Waals surface area (Å²) in [6.07, 6.45) is 2.70. The Hall–Kier alpha value is -0.950. The highest BCUT2D eigenvalue weighted by Crippen LogP contribution is 2.23. The molecule has 20 heavy (non-hydrogen) atoms. The molecule has 0 spiro atoms. The van der Waals surface area contributed by atoms with Gasteiger partial charge in [-0.3, -0.25) is 0 Å². The maximum absolute atomic E-state index is 12.4. The maximum atomic E-state index is 12.4. The molecule has 0 aliphatic heterocycles. The number of benzene rings is 1. The predicted octanol–water partition coefficient (Wildman–Crippen LogP) is 1.25. The van der Waals surface area contributed by atoms with Crippen molar-refractivity contribution in [3.8, 4) is 0 Å². The first-order chi connectivity index (χ1) is 9.56. The Morgan fingerprint density at radius 3 is 2.85 bits per heavy atom. The number of ether oxygens (including phenoxy) is 1. The third-order valence-electron chi connectivity index (χ3n) is 3.65. The van der Waals surface area contributed by atoms with E-state index in [1.165, 1.54) is 0 Å². The van der Waals surface area contributed by atoms with E-state index in [9.17, 15) is 8.42 Å². The lowest BCUT2D eigenvalue weighted by molar-refractivity contribution is 0.0916. The van der Waals surface area contributed by atoms with Crippen LogP contribution in [0.1, 0.15) is 24.8 Å². The molecule has 1 aromatic rings. The van der Waals surface area contributed by atoms with Gasteiger partial charge in [-0.15, -0.1) is 0 Å². The van der Waals surface area contributed by atoms with E-state index < -0.39 is 10.0 Å². The minimum atomic E-state index is -3.49. The van der Waals surface area contributed by atoms with Crippen LogP contribution in [0.25, 0.3) is 0 Å². The zero-order valence-corrected chi connectivity index (χ0v) is 12.7. The summed E-state index contributed by atoms with van der Waals surface area (Å²) >= 11 is 0. The first kappa shape index (κ1) is 15.4. The van der Waals surface area contributed by atoms with Crippen LogP contribution in [0.5, 0.6) is 0 Å². The van der Waals surface area contributed by atoms with E-state index in [1.54, 1.807) is 25.3 Å². The van der Waals surface area contributed by atoms with Crippen molar-refractivity contribution in [2.45, 2.75) is 42.8 Å². The second kappa shape index (κ2) is 6.67. The number of sulfonamides is 1. The van der Waals surface area contributed by atoms with Gasteiger partial charge >= 0.3 is 0 Å². The smallest absolute Gasteiger partial charge is 0.240 e. The molecule has 0 saturated heterocycles. The molecule has 6 heteroatoms. The van der Waals surface area contributed by atoms with Gasteiger partial charge in [0.25, 0.3) is 0 Å². The van der Waals surface area contributed by atoms with E-state index in [0.717, 1.165) is 24.8 Å². The van der Waals surface area contributed by atoms with Gasteiger partial charge in [-0.05, 0) is 44.0 Å². The quantitative estimate of drug-likeness (QED) is 0.829. The first-order valence-electron chi connectivity index (χ1n) is 6.85. The fraction of sp³-hybridized carbons (Fsp3) is 0.571. The van der Waals surface area contributed by atoms with Crippen LogP contribution >= 0.6 is 0 Å². The van der Waals surface area contributed by atoms with Gasteiger partial charge < -0.3 is 10.1 Å². The second-order valence-corrected chi connectivity index (χ2v) is 6.82. The lowest BCUT2D eigenvalue weighted by atomic mass is 10.2. The third kappa shape index (κ3) is 3.58. The van der Waals surface area contributed by atoms with E-state index >= 15 is 0 Å². The molecule has 1 fully saturated rings. The van der Waals surface area contributed by atoms with E-state index in [-0.39, 0.29) is 12.1 Å². The molecule has 1 aliphatic rings. The van der Waals surface area contributed by atoms with Gasteiger partial charge in [0.1, 0.15) is 0 Å². The van der Waals surface area contributed by atoms with Crippen molar-refractivity contribution in [1.29, 1.82) is 0 Å². The summed E-state index contributed by atoms with van der Waals surface area (Å²) in [4.78, 5) is 0.312. The van der Waals surface area contributed by atoms with Crippen LogP contribution in [-0.4, -0.2) is 34.7 Å². The molecular formula is C14H22N2O3S. The Kier molecular flexibility index (Phi) is 5.15. The topological polar surface area (TPSA) is 67.4 Å². The van der Waals surface area contributed by atoms with E-state index in [2.05, 4.69) is 10.0 Å². The van der Waals surface area contributed by atoms with Gasteiger partial charge in [-0.1, -0.05) is 12.1 Å². The third-order valence-corrected chi connectivity index (χ3v) is 5.14. The molecule has 1 saturated carbocycles. The highest BCUT2D eigenvalue weighted by molar-refractivity contribution is 7.89. The Morgan fingerprint density at radius 1 is 1.35 bits per heavy atom. The number of hydrogen-bond acceptors (Lipinski definition) is 4. The summed E-state index contributed by atoms with van der Waals surface area (Å²) in [5.74, 6) is 0. The van der Waals surface area contributed by atoms with Crippen LogP contribution in [-0.2, 0) is 21.3 Å². The Bertz CT molecular complexity index is 545. The van der Waals surface area contributed by atoms with Crippen molar-refractivity contribution in [2.24, 2.45) is 0 Å². The lowest BCUT2D eigenvalue weighted by Gasteiger charge is -2.19. The molecule has 1 aliphatic carbocycles. The Balaban J connectivity index is 2.15. The zero-order valence-electron chi connectivity index (χ0n) is 11.9. The fourth-order valence-corrected chi connectivity index (χ4v) is 4.01. The minimum Gasteiger partial charge on any atom is -0.380 e. The Labute approximate surface area is 120 Å². The van der Waals surface area contributed by atoms with Crippen molar-refractivity contribution in [3.63, 3.8) is 0 Å². The molecule has 1 aromatic carbocycles. The van der Waals surface area contributed by atoms with Gasteiger partial charge in [-0.2, -0.15) is 0 Å². The fourth-order valence-electron chi connectivity index (χ4n) is 2.64. The summed E-state index contributed by atoms with van der Waals surface area (Å²) in [6, 6.07) is 6.87. The van der Waals surface area contributed by atoms with Crippen LogP contribution in [0.15, 0.2) is 29.2 Å². The molecule has 0 radical (unpaired) electrons. The monoisotopic (exact) mass is 298 g/mol. The molecule has 0 heterocycles. The molecule has 2 atom stereocenters. The normalized spacial score (nSPS) is 23.1. The molecule has 0 aromatic heterocycles. The van der Waals surface area contributed by atoms with Crippen LogP contribution in [0.4, 0.5) is 0 Å². The second-order valence-electron chi connectivity index (χ2n) is 5.11. The van der Waals surface area contributed by atoms with Crippen molar-refractivity contribution >= 4 is 10.0 Å². The molecule has 2 N–H and O–H groups in total. The van der Waals surface area contributed by atoms with Crippen LogP contribution in [0, 0.1) is 0 Å². The average molecular weight is 298 g/mol. The largest absolute Gasteiger partial charge is 0.380 e. The van der Waals surface area contributed by atoms with Crippen LogP contribution in [0.3, 0.4) is 0 Å². The summed E-state index contributed by atoms with van der Waals surface area (Å²) in [5.41, 5.74) is 0.949. The minimum absolute atomic E-state index is 0.0229. The van der Waals surface area contributed by atoms with Crippen molar-refractivity contribution < 1.29 is 13.2 Å². The standard InChI is InChI=1S/C14H22N2O3S/c1-15-10-11-5-3-6-12(9-11)20(17,18)16-13-7-4-8-14(13)19-2/h3,5-6,9,13-16H,4,7-8,10H2,1-2H3. The number of nitrogens with one attached hydrogen (secondary N) is 2. The summed E-state index contributed by atoms with van der Waals surface area (Å²) in [6.45, 7) is 0.646. The van der Waals surface area contributed by atoms with Gasteiger partial charge in [0.15, 0.2) is 0 Å². The molecule has 0 amide bonds. The SMILES string of the molecule is CNCc1cccc(S(=O)(=O)NC2CCCC2OC)c1. The molecule has 112 valence electrons. The number of methoxy groups -OCH3 is 1. The predicted molar refractivity (Wildman–Crippen MR) is 78.0 cm³/mol. The number of rotatable bonds is 6. The molecular weight excluding hydrogens is 276 g/mol. The molecule has 2 unspecified atom stereocenters. The van der Waals surface area contributed by atoms with Gasteiger partial charge in [0, 0.05) is 19.7 Å². The van der Waals surface area contributed by atoms with Crippen molar-refractivity contribution in [2.75, 3.05) is 14.2 Å². The number of hydrogen-bond donors (Lipinski definition) is 2. The van der Waals surface area contributed by atoms with Crippen LogP contribution in [0.2, 0.25) is 0 Å². The van der Waals surface area contributed by atoms with Crippen molar-refractivity contribution in [1.82, 2.24) is 10.0 Å². The van der Waals surface area contributed by atoms with E-state index in [4.69, 9.17) is 4.74 Å². The van der Waals surface area contributed by atoms with Crippen molar-refractivity contribution in [3.05, 3.63) is 29.8 Å². The average Bonchev–Trinajstić information content (AvgIpc) is 2.86. The highest BCUT2D eigenvalue weighted by Gasteiger charge is 2.31. The summed E-state index contributed by atoms with van der Waals surface area (Å²) < 4.78 is 32.9. The molecule has 2 rings (SSSR count). The van der Waals surface area contributed by atoms with E-state index in [1.807, 2.05) is 13.1 Å². The Morgan fingerprint density at radius 2 is 2.15 bits per heavy atom. The van der Waals surface area contributed by atoms with Gasteiger partial charge in [0.2, 0.25) is 10.0 Å². The molecule has 0 bridgehead atoms. The van der Waals surface area contributed by atoms with Crippen LogP contribution < -0.4 is 10.0 Å². The van der Waals surface area contributed by atoms with E-state index in [0.29, 0.717) is 11.4 Å². The summed E-state index contributed by atoms with van der Waals surface area (Å²) in [7, 11) is -0.0211. The first-order valence-corrected chi connectivity index (χ1v) is 8.34. The van der Waals surface area contributed by atoms with Gasteiger partial charge in [0.05, 0.1) is 11.0 Å².